The minimum atomic E-state index is -0.731. The van der Waals surface area contributed by atoms with E-state index < -0.39 is 24.5 Å². The van der Waals surface area contributed by atoms with Crippen molar-refractivity contribution in [3.8, 4) is 16.2 Å². The Hall–Kier alpha value is -3.59. The van der Waals surface area contributed by atoms with Crippen LogP contribution < -0.4 is 15.4 Å². The molecule has 148 valence electrons. The minimum absolute atomic E-state index is 0.135. The molecule has 3 heterocycles. The number of fused-ring (bicyclic) bond motifs is 3. The number of rotatable bonds is 5. The van der Waals surface area contributed by atoms with Crippen molar-refractivity contribution in [1.82, 2.24) is 10.6 Å². The topological polar surface area (TPSA) is 107 Å². The highest BCUT2D eigenvalue weighted by atomic mass is 32.1. The van der Waals surface area contributed by atoms with E-state index in [2.05, 4.69) is 10.6 Å². The van der Waals surface area contributed by atoms with Crippen LogP contribution in [0.4, 0.5) is 4.79 Å². The SMILES string of the molecule is O=C(COC(=O)c1cc2c(s1)-c1ccccc1OC2)NC(=O)NCc1ccco1. The third kappa shape index (κ3) is 4.30. The van der Waals surface area contributed by atoms with Gasteiger partial charge in [0.15, 0.2) is 6.61 Å². The minimum Gasteiger partial charge on any atom is -0.488 e. The summed E-state index contributed by atoms with van der Waals surface area (Å²) in [5.74, 6) is -0.0498. The molecule has 8 nitrogen and oxygen atoms in total. The van der Waals surface area contributed by atoms with E-state index >= 15 is 0 Å². The van der Waals surface area contributed by atoms with E-state index in [0.29, 0.717) is 17.2 Å². The van der Waals surface area contributed by atoms with Crippen molar-refractivity contribution in [2.24, 2.45) is 0 Å². The number of furan rings is 1. The molecule has 0 unspecified atom stereocenters. The summed E-state index contributed by atoms with van der Waals surface area (Å²) >= 11 is 1.28. The maximum absolute atomic E-state index is 12.3. The molecule has 2 aromatic heterocycles. The van der Waals surface area contributed by atoms with Crippen LogP contribution in [0.15, 0.2) is 53.1 Å². The van der Waals surface area contributed by atoms with Crippen LogP contribution >= 0.6 is 11.3 Å². The van der Waals surface area contributed by atoms with Crippen molar-refractivity contribution in [2.45, 2.75) is 13.2 Å². The van der Waals surface area contributed by atoms with E-state index in [1.165, 1.54) is 17.6 Å². The van der Waals surface area contributed by atoms with Gasteiger partial charge in [-0.15, -0.1) is 11.3 Å². The molecule has 0 saturated carbocycles. The zero-order chi connectivity index (χ0) is 20.2. The number of ether oxygens (including phenoxy) is 2. The number of nitrogens with one attached hydrogen (secondary N) is 2. The molecule has 1 aliphatic heterocycles. The highest BCUT2D eigenvalue weighted by Crippen LogP contribution is 2.42. The van der Waals surface area contributed by atoms with Crippen LogP contribution in [0.5, 0.6) is 5.75 Å². The third-order valence-electron chi connectivity index (χ3n) is 4.12. The molecular weight excluding hydrogens is 396 g/mol. The van der Waals surface area contributed by atoms with Crippen molar-refractivity contribution in [3.63, 3.8) is 0 Å². The van der Waals surface area contributed by atoms with Crippen LogP contribution in [0.3, 0.4) is 0 Å². The summed E-state index contributed by atoms with van der Waals surface area (Å²) in [5, 5.41) is 4.55. The standard InChI is InChI=1S/C20H16N2O6S/c23-17(22-20(25)21-9-13-4-3-7-26-13)11-28-19(24)16-8-12-10-27-15-6-2-1-5-14(15)18(12)29-16/h1-8H,9-11H2,(H2,21,22,23,25). The fraction of sp³-hybridized carbons (Fsp3) is 0.150. The van der Waals surface area contributed by atoms with Gasteiger partial charge in [0.05, 0.1) is 12.8 Å². The average molecular weight is 412 g/mol. The van der Waals surface area contributed by atoms with E-state index in [1.54, 1.807) is 18.2 Å². The van der Waals surface area contributed by atoms with Gasteiger partial charge in [0.1, 0.15) is 23.0 Å². The monoisotopic (exact) mass is 412 g/mol. The summed E-state index contributed by atoms with van der Waals surface area (Å²) in [7, 11) is 0. The fourth-order valence-corrected chi connectivity index (χ4v) is 3.88. The van der Waals surface area contributed by atoms with Crippen molar-refractivity contribution in [3.05, 3.63) is 64.9 Å². The molecule has 9 heteroatoms. The fourth-order valence-electron chi connectivity index (χ4n) is 2.79. The molecular formula is C20H16N2O6S. The lowest BCUT2D eigenvalue weighted by Gasteiger charge is -2.16. The Morgan fingerprint density at radius 1 is 1.14 bits per heavy atom. The van der Waals surface area contributed by atoms with Crippen LogP contribution in [-0.4, -0.2) is 24.5 Å². The number of carbonyl (C=O) groups is 3. The van der Waals surface area contributed by atoms with Gasteiger partial charge in [-0.25, -0.2) is 9.59 Å². The first kappa shape index (κ1) is 18.8. The third-order valence-corrected chi connectivity index (χ3v) is 5.31. The summed E-state index contributed by atoms with van der Waals surface area (Å²) in [5.41, 5.74) is 1.81. The summed E-state index contributed by atoms with van der Waals surface area (Å²) in [6, 6.07) is 12.0. The van der Waals surface area contributed by atoms with E-state index in [9.17, 15) is 14.4 Å². The molecule has 1 aliphatic rings. The van der Waals surface area contributed by atoms with Gasteiger partial charge in [0, 0.05) is 16.0 Å². The molecule has 0 fully saturated rings. The quantitative estimate of drug-likeness (QED) is 0.624. The number of esters is 1. The average Bonchev–Trinajstić information content (AvgIpc) is 3.40. The Morgan fingerprint density at radius 2 is 2.00 bits per heavy atom. The summed E-state index contributed by atoms with van der Waals surface area (Å²) in [4.78, 5) is 37.1. The van der Waals surface area contributed by atoms with Crippen LogP contribution in [0.2, 0.25) is 0 Å². The van der Waals surface area contributed by atoms with Crippen LogP contribution in [0.25, 0.3) is 10.4 Å². The number of amides is 3. The van der Waals surface area contributed by atoms with Crippen molar-refractivity contribution >= 4 is 29.2 Å². The summed E-state index contributed by atoms with van der Waals surface area (Å²) in [6.45, 7) is -0.0642. The number of imide groups is 1. The molecule has 2 N–H and O–H groups in total. The molecule has 1 aromatic carbocycles. The van der Waals surface area contributed by atoms with Gasteiger partial charge in [-0.2, -0.15) is 0 Å². The van der Waals surface area contributed by atoms with Crippen molar-refractivity contribution in [1.29, 1.82) is 0 Å². The Morgan fingerprint density at radius 3 is 2.83 bits per heavy atom. The predicted molar refractivity (Wildman–Crippen MR) is 103 cm³/mol. The molecule has 0 atom stereocenters. The van der Waals surface area contributed by atoms with Gasteiger partial charge in [0.2, 0.25) is 0 Å². The second-order valence-corrected chi connectivity index (χ2v) is 7.19. The lowest BCUT2D eigenvalue weighted by Crippen LogP contribution is -2.41. The molecule has 3 aromatic rings. The Balaban J connectivity index is 1.30. The Bertz CT molecular complexity index is 1060. The van der Waals surface area contributed by atoms with Crippen molar-refractivity contribution < 1.29 is 28.3 Å². The first-order valence-electron chi connectivity index (χ1n) is 8.72. The number of benzene rings is 1. The zero-order valence-corrected chi connectivity index (χ0v) is 15.9. The Labute approximate surface area is 169 Å². The number of para-hydroxylation sites is 1. The van der Waals surface area contributed by atoms with Gasteiger partial charge in [0.25, 0.3) is 5.91 Å². The van der Waals surface area contributed by atoms with E-state index in [4.69, 9.17) is 13.9 Å². The largest absolute Gasteiger partial charge is 0.488 e. The number of carbonyl (C=O) groups excluding carboxylic acids is 3. The van der Waals surface area contributed by atoms with Crippen molar-refractivity contribution in [2.75, 3.05) is 6.61 Å². The van der Waals surface area contributed by atoms with Gasteiger partial charge in [-0.3, -0.25) is 10.1 Å². The van der Waals surface area contributed by atoms with Crippen LogP contribution in [0.1, 0.15) is 21.0 Å². The maximum Gasteiger partial charge on any atom is 0.348 e. The normalized spacial score (nSPS) is 11.6. The lowest BCUT2D eigenvalue weighted by molar-refractivity contribution is -0.123. The Kier molecular flexibility index (Phi) is 5.30. The van der Waals surface area contributed by atoms with E-state index in [0.717, 1.165) is 21.8 Å². The predicted octanol–water partition coefficient (Wildman–Crippen LogP) is 3.08. The van der Waals surface area contributed by atoms with Gasteiger partial charge in [-0.1, -0.05) is 12.1 Å². The summed E-state index contributed by atoms with van der Waals surface area (Å²) < 4.78 is 15.8. The second kappa shape index (κ2) is 8.19. The second-order valence-electron chi connectivity index (χ2n) is 6.14. The molecule has 3 amide bonds. The molecule has 0 radical (unpaired) electrons. The first-order valence-corrected chi connectivity index (χ1v) is 9.54. The molecule has 4 rings (SSSR count). The molecule has 29 heavy (non-hydrogen) atoms. The molecule has 0 saturated heterocycles. The highest BCUT2D eigenvalue weighted by molar-refractivity contribution is 7.17. The first-order chi connectivity index (χ1) is 14.1. The van der Waals surface area contributed by atoms with Gasteiger partial charge < -0.3 is 19.2 Å². The summed E-state index contributed by atoms with van der Waals surface area (Å²) in [6.07, 6.45) is 1.48. The van der Waals surface area contributed by atoms with Crippen LogP contribution in [0, 0.1) is 0 Å². The van der Waals surface area contributed by atoms with E-state index in [-0.39, 0.29) is 6.54 Å². The molecule has 0 spiro atoms. The van der Waals surface area contributed by atoms with Crippen LogP contribution in [-0.2, 0) is 22.7 Å². The number of hydrogen-bond acceptors (Lipinski definition) is 7. The van der Waals surface area contributed by atoms with Gasteiger partial charge >= 0.3 is 12.0 Å². The molecule has 0 aliphatic carbocycles. The lowest BCUT2D eigenvalue weighted by atomic mass is 10.1. The smallest absolute Gasteiger partial charge is 0.348 e. The number of urea groups is 1. The molecule has 0 bridgehead atoms. The highest BCUT2D eigenvalue weighted by Gasteiger charge is 2.23. The zero-order valence-electron chi connectivity index (χ0n) is 15.1. The maximum atomic E-state index is 12.3. The van der Waals surface area contributed by atoms with Gasteiger partial charge in [-0.05, 0) is 30.3 Å². The number of hydrogen-bond donors (Lipinski definition) is 2. The van der Waals surface area contributed by atoms with E-state index in [1.807, 2.05) is 24.3 Å². The number of thiophene rings is 1.